The number of carbonyl (C=O) groups excluding carboxylic acids is 1. The molecular weight excluding hydrogens is 368 g/mol. The molecule has 0 saturated carbocycles. The Morgan fingerprint density at radius 2 is 1.68 bits per heavy atom. The zero-order valence-corrected chi connectivity index (χ0v) is 14.5. The molecule has 0 atom stereocenters. The molecule has 0 fully saturated rings. The van der Waals surface area contributed by atoms with E-state index in [0.717, 1.165) is 10.7 Å². The number of hydrogen-bond donors (Lipinski definition) is 1. The van der Waals surface area contributed by atoms with Gasteiger partial charge in [0.1, 0.15) is 0 Å². The minimum Gasteiger partial charge on any atom is -0.311 e. The van der Waals surface area contributed by atoms with E-state index in [1.165, 1.54) is 4.90 Å². The molecule has 1 N–H and O–H groups in total. The number of hydrogen-bond acceptors (Lipinski definition) is 3. The third-order valence-electron chi connectivity index (χ3n) is 2.97. The minimum atomic E-state index is -3.31. The molecule has 0 aliphatic heterocycles. The van der Waals surface area contributed by atoms with Crippen LogP contribution in [0.15, 0.2) is 53.0 Å². The Labute approximate surface area is 138 Å². The summed E-state index contributed by atoms with van der Waals surface area (Å²) in [5.74, 6) is -0.156. The van der Waals surface area contributed by atoms with Gasteiger partial charge in [0.2, 0.25) is 10.0 Å². The summed E-state index contributed by atoms with van der Waals surface area (Å²) in [6.45, 7) is 0. The second-order valence-electron chi connectivity index (χ2n) is 4.77. The zero-order chi connectivity index (χ0) is 16.3. The topological polar surface area (TPSA) is 66.5 Å². The Morgan fingerprint density at radius 3 is 2.23 bits per heavy atom. The quantitative estimate of drug-likeness (QED) is 0.883. The first-order chi connectivity index (χ1) is 10.3. The average molecular weight is 383 g/mol. The Morgan fingerprint density at radius 1 is 1.09 bits per heavy atom. The van der Waals surface area contributed by atoms with E-state index in [4.69, 9.17) is 0 Å². The lowest BCUT2D eigenvalue weighted by atomic mass is 10.2. The van der Waals surface area contributed by atoms with Crippen LogP contribution in [0.2, 0.25) is 0 Å². The van der Waals surface area contributed by atoms with Crippen molar-refractivity contribution in [3.05, 3.63) is 58.6 Å². The minimum absolute atomic E-state index is 0.156. The third kappa shape index (κ3) is 4.08. The van der Waals surface area contributed by atoms with Gasteiger partial charge in [-0.15, -0.1) is 0 Å². The van der Waals surface area contributed by atoms with Crippen molar-refractivity contribution in [1.29, 1.82) is 0 Å². The number of halogens is 1. The smallest absolute Gasteiger partial charge is 0.259 e. The maximum atomic E-state index is 12.5. The lowest BCUT2D eigenvalue weighted by Gasteiger charge is -2.18. The summed E-state index contributed by atoms with van der Waals surface area (Å²) >= 11 is 3.36. The van der Waals surface area contributed by atoms with Crippen molar-refractivity contribution >= 4 is 43.2 Å². The first-order valence-electron chi connectivity index (χ1n) is 6.38. The fraction of sp³-hybridized carbons (Fsp3) is 0.133. The van der Waals surface area contributed by atoms with Gasteiger partial charge in [0, 0.05) is 22.9 Å². The van der Waals surface area contributed by atoms with Crippen LogP contribution in [0.1, 0.15) is 10.4 Å². The summed E-state index contributed by atoms with van der Waals surface area (Å²) in [7, 11) is -1.64. The molecule has 0 aliphatic rings. The Balaban J connectivity index is 2.21. The van der Waals surface area contributed by atoms with Crippen molar-refractivity contribution < 1.29 is 13.2 Å². The third-order valence-corrected chi connectivity index (χ3v) is 4.26. The van der Waals surface area contributed by atoms with E-state index < -0.39 is 10.0 Å². The summed E-state index contributed by atoms with van der Waals surface area (Å²) in [6, 6.07) is 13.8. The normalized spacial score (nSPS) is 11.0. The molecule has 0 radical (unpaired) electrons. The number of benzene rings is 2. The van der Waals surface area contributed by atoms with Crippen molar-refractivity contribution in [2.45, 2.75) is 0 Å². The SMILES string of the molecule is CN(C(=O)c1ccccc1Br)c1ccc(NS(C)(=O)=O)cc1. The van der Waals surface area contributed by atoms with E-state index in [-0.39, 0.29) is 5.91 Å². The van der Waals surface area contributed by atoms with Crippen molar-refractivity contribution in [3.63, 3.8) is 0 Å². The van der Waals surface area contributed by atoms with Crippen molar-refractivity contribution in [2.75, 3.05) is 22.9 Å². The van der Waals surface area contributed by atoms with Crippen LogP contribution in [0.25, 0.3) is 0 Å². The maximum absolute atomic E-state index is 12.5. The molecule has 5 nitrogen and oxygen atoms in total. The van der Waals surface area contributed by atoms with Crippen LogP contribution in [0, 0.1) is 0 Å². The summed E-state index contributed by atoms with van der Waals surface area (Å²) in [5, 5.41) is 0. The van der Waals surface area contributed by atoms with Gasteiger partial charge in [-0.2, -0.15) is 0 Å². The maximum Gasteiger partial charge on any atom is 0.259 e. The van der Waals surface area contributed by atoms with Gasteiger partial charge in [0.25, 0.3) is 5.91 Å². The fourth-order valence-electron chi connectivity index (χ4n) is 1.90. The van der Waals surface area contributed by atoms with E-state index in [1.54, 1.807) is 49.5 Å². The van der Waals surface area contributed by atoms with Crippen LogP contribution < -0.4 is 9.62 Å². The molecule has 2 rings (SSSR count). The molecule has 0 heterocycles. The first kappa shape index (κ1) is 16.5. The summed E-state index contributed by atoms with van der Waals surface area (Å²) in [6.07, 6.45) is 1.09. The Bertz CT molecular complexity index is 789. The molecule has 0 saturated heterocycles. The molecule has 0 aliphatic carbocycles. The van der Waals surface area contributed by atoms with E-state index in [9.17, 15) is 13.2 Å². The zero-order valence-electron chi connectivity index (χ0n) is 12.1. The van der Waals surface area contributed by atoms with Gasteiger partial charge >= 0.3 is 0 Å². The largest absolute Gasteiger partial charge is 0.311 e. The molecule has 2 aromatic rings. The summed E-state index contributed by atoms with van der Waals surface area (Å²) < 4.78 is 25.4. The standard InChI is InChI=1S/C15H15BrN2O3S/c1-18(15(19)13-5-3-4-6-14(13)16)12-9-7-11(8-10-12)17-22(2,20)21/h3-10,17H,1-2H3. The molecule has 116 valence electrons. The number of sulfonamides is 1. The molecule has 7 heteroatoms. The van der Waals surface area contributed by atoms with Crippen LogP contribution in [0.5, 0.6) is 0 Å². The lowest BCUT2D eigenvalue weighted by molar-refractivity contribution is 0.0992. The van der Waals surface area contributed by atoms with Gasteiger partial charge in [-0.3, -0.25) is 9.52 Å². The fourth-order valence-corrected chi connectivity index (χ4v) is 2.92. The molecular formula is C15H15BrN2O3S. The monoisotopic (exact) mass is 382 g/mol. The predicted octanol–water partition coefficient (Wildman–Crippen LogP) is 3.10. The Hall–Kier alpha value is -1.86. The van der Waals surface area contributed by atoms with Gasteiger partial charge < -0.3 is 4.90 Å². The van der Waals surface area contributed by atoms with Crippen molar-refractivity contribution in [2.24, 2.45) is 0 Å². The molecule has 1 amide bonds. The molecule has 0 aromatic heterocycles. The van der Waals surface area contributed by atoms with E-state index in [2.05, 4.69) is 20.7 Å². The van der Waals surface area contributed by atoms with Crippen molar-refractivity contribution in [1.82, 2.24) is 0 Å². The van der Waals surface area contributed by atoms with Crippen LogP contribution >= 0.6 is 15.9 Å². The van der Waals surface area contributed by atoms with E-state index in [1.807, 2.05) is 6.07 Å². The van der Waals surface area contributed by atoms with Gasteiger partial charge in [-0.1, -0.05) is 12.1 Å². The molecule has 0 spiro atoms. The number of amides is 1. The summed E-state index contributed by atoms with van der Waals surface area (Å²) in [5.41, 5.74) is 1.68. The highest BCUT2D eigenvalue weighted by atomic mass is 79.9. The predicted molar refractivity (Wildman–Crippen MR) is 91.8 cm³/mol. The lowest BCUT2D eigenvalue weighted by Crippen LogP contribution is -2.26. The number of anilines is 2. The van der Waals surface area contributed by atoms with Gasteiger partial charge in [-0.05, 0) is 52.3 Å². The van der Waals surface area contributed by atoms with Crippen LogP contribution in [-0.2, 0) is 10.0 Å². The number of nitrogens with zero attached hydrogens (tertiary/aromatic N) is 1. The highest BCUT2D eigenvalue weighted by molar-refractivity contribution is 9.10. The first-order valence-corrected chi connectivity index (χ1v) is 9.07. The Kier molecular flexibility index (Phi) is 4.87. The highest BCUT2D eigenvalue weighted by Gasteiger charge is 2.15. The highest BCUT2D eigenvalue weighted by Crippen LogP contribution is 2.22. The van der Waals surface area contributed by atoms with Crippen LogP contribution in [0.4, 0.5) is 11.4 Å². The number of nitrogens with one attached hydrogen (secondary N) is 1. The van der Waals surface area contributed by atoms with Crippen LogP contribution in [-0.4, -0.2) is 27.6 Å². The van der Waals surface area contributed by atoms with Gasteiger partial charge in [-0.25, -0.2) is 8.42 Å². The second kappa shape index (κ2) is 6.50. The molecule has 22 heavy (non-hydrogen) atoms. The van der Waals surface area contributed by atoms with Crippen LogP contribution in [0.3, 0.4) is 0 Å². The van der Waals surface area contributed by atoms with Gasteiger partial charge in [0.15, 0.2) is 0 Å². The number of rotatable bonds is 4. The molecule has 0 unspecified atom stereocenters. The molecule has 2 aromatic carbocycles. The summed E-state index contributed by atoms with van der Waals surface area (Å²) in [4.78, 5) is 14.0. The van der Waals surface area contributed by atoms with Gasteiger partial charge in [0.05, 0.1) is 11.8 Å². The average Bonchev–Trinajstić information content (AvgIpc) is 2.45. The van der Waals surface area contributed by atoms with E-state index in [0.29, 0.717) is 16.9 Å². The van der Waals surface area contributed by atoms with E-state index >= 15 is 0 Å². The molecule has 0 bridgehead atoms. The number of carbonyl (C=O) groups is 1. The van der Waals surface area contributed by atoms with Crippen molar-refractivity contribution in [3.8, 4) is 0 Å². The second-order valence-corrected chi connectivity index (χ2v) is 7.37.